The molecule has 1 amide bonds. The lowest BCUT2D eigenvalue weighted by atomic mass is 9.85. The van der Waals surface area contributed by atoms with Crippen LogP contribution in [0.2, 0.25) is 0 Å². The Balaban J connectivity index is 1.85. The molecule has 0 saturated heterocycles. The summed E-state index contributed by atoms with van der Waals surface area (Å²) in [5.41, 5.74) is 2.14. The predicted molar refractivity (Wildman–Crippen MR) is 82.4 cm³/mol. The highest BCUT2D eigenvalue weighted by molar-refractivity contribution is 5.78. The van der Waals surface area contributed by atoms with Crippen LogP contribution in [0.15, 0.2) is 18.2 Å². The first-order valence-corrected chi connectivity index (χ1v) is 7.70. The van der Waals surface area contributed by atoms with Crippen LogP contribution in [-0.2, 0) is 4.79 Å². The minimum absolute atomic E-state index is 0.0267. The molecule has 1 saturated carbocycles. The summed E-state index contributed by atoms with van der Waals surface area (Å²) in [6, 6.07) is 6.04. The smallest absolute Gasteiger partial charge is 0.258 e. The molecule has 4 nitrogen and oxygen atoms in total. The number of amides is 1. The van der Waals surface area contributed by atoms with Crippen LogP contribution in [0.5, 0.6) is 5.75 Å². The van der Waals surface area contributed by atoms with Crippen LogP contribution in [0.4, 0.5) is 0 Å². The highest BCUT2D eigenvalue weighted by atomic mass is 16.5. The zero-order valence-corrected chi connectivity index (χ0v) is 12.9. The number of benzene rings is 1. The molecule has 2 N–H and O–H groups in total. The third-order valence-electron chi connectivity index (χ3n) is 4.19. The van der Waals surface area contributed by atoms with Crippen LogP contribution in [-0.4, -0.2) is 30.3 Å². The van der Waals surface area contributed by atoms with Gasteiger partial charge < -0.3 is 15.2 Å². The molecule has 0 aromatic heterocycles. The van der Waals surface area contributed by atoms with E-state index in [2.05, 4.69) is 5.32 Å². The van der Waals surface area contributed by atoms with Gasteiger partial charge in [-0.05, 0) is 43.9 Å². The molecule has 1 aliphatic carbocycles. The molecule has 4 heteroatoms. The molecule has 2 rings (SSSR count). The second-order valence-electron chi connectivity index (χ2n) is 5.96. The van der Waals surface area contributed by atoms with Gasteiger partial charge in [-0.3, -0.25) is 4.79 Å². The van der Waals surface area contributed by atoms with Gasteiger partial charge in [0.1, 0.15) is 5.75 Å². The Bertz CT molecular complexity index is 487. The first kappa shape index (κ1) is 15.8. The molecule has 2 atom stereocenters. The number of ether oxygens (including phenoxy) is 1. The molecule has 1 aromatic rings. The molecule has 0 bridgehead atoms. The quantitative estimate of drug-likeness (QED) is 0.875. The summed E-state index contributed by atoms with van der Waals surface area (Å²) < 4.78 is 5.62. The highest BCUT2D eigenvalue weighted by Gasteiger charge is 2.25. The third-order valence-corrected chi connectivity index (χ3v) is 4.19. The number of hydrogen-bond donors (Lipinski definition) is 2. The van der Waals surface area contributed by atoms with Gasteiger partial charge in [-0.1, -0.05) is 25.0 Å². The lowest BCUT2D eigenvalue weighted by Crippen LogP contribution is -2.45. The highest BCUT2D eigenvalue weighted by Crippen LogP contribution is 2.24. The second-order valence-corrected chi connectivity index (χ2v) is 5.96. The third kappa shape index (κ3) is 4.46. The number of aryl methyl sites for hydroxylation is 2. The second kappa shape index (κ2) is 7.46. The van der Waals surface area contributed by atoms with Gasteiger partial charge in [0.25, 0.3) is 5.91 Å². The molecule has 21 heavy (non-hydrogen) atoms. The number of carbonyl (C=O) groups is 1. The van der Waals surface area contributed by atoms with E-state index in [0.29, 0.717) is 0 Å². The van der Waals surface area contributed by atoms with Crippen LogP contribution >= 0.6 is 0 Å². The van der Waals surface area contributed by atoms with Gasteiger partial charge in [0.05, 0.1) is 0 Å². The van der Waals surface area contributed by atoms with Crippen molar-refractivity contribution in [2.75, 3.05) is 13.2 Å². The van der Waals surface area contributed by atoms with E-state index in [-0.39, 0.29) is 31.1 Å². The van der Waals surface area contributed by atoms with E-state index in [1.54, 1.807) is 0 Å². The van der Waals surface area contributed by atoms with E-state index in [0.717, 1.165) is 42.6 Å². The van der Waals surface area contributed by atoms with Crippen molar-refractivity contribution in [2.45, 2.75) is 45.6 Å². The first-order valence-electron chi connectivity index (χ1n) is 7.70. The average molecular weight is 291 g/mol. The van der Waals surface area contributed by atoms with Crippen LogP contribution in [0.1, 0.15) is 36.8 Å². The molecule has 0 aliphatic heterocycles. The Kier molecular flexibility index (Phi) is 5.62. The lowest BCUT2D eigenvalue weighted by Gasteiger charge is -2.30. The summed E-state index contributed by atoms with van der Waals surface area (Å²) in [6.07, 6.45) is 4.18. The molecule has 1 fully saturated rings. The van der Waals surface area contributed by atoms with E-state index in [4.69, 9.17) is 4.74 Å². The van der Waals surface area contributed by atoms with E-state index in [1.807, 2.05) is 32.0 Å². The summed E-state index contributed by atoms with van der Waals surface area (Å²) >= 11 is 0. The fraction of sp³-hybridized carbons (Fsp3) is 0.588. The maximum Gasteiger partial charge on any atom is 0.258 e. The molecule has 116 valence electrons. The summed E-state index contributed by atoms with van der Waals surface area (Å²) in [6.45, 7) is 4.14. The average Bonchev–Trinajstić information content (AvgIpc) is 2.49. The van der Waals surface area contributed by atoms with Gasteiger partial charge in [-0.15, -0.1) is 0 Å². The zero-order chi connectivity index (χ0) is 15.2. The number of hydrogen-bond acceptors (Lipinski definition) is 3. The Hall–Kier alpha value is -1.55. The fourth-order valence-electron chi connectivity index (χ4n) is 2.87. The normalized spacial score (nSPS) is 21.9. The van der Waals surface area contributed by atoms with Crippen molar-refractivity contribution < 1.29 is 14.6 Å². The molecule has 1 aromatic carbocycles. The van der Waals surface area contributed by atoms with Gasteiger partial charge in [-0.2, -0.15) is 0 Å². The van der Waals surface area contributed by atoms with Gasteiger partial charge in [0.15, 0.2) is 6.61 Å². The summed E-state index contributed by atoms with van der Waals surface area (Å²) in [5, 5.41) is 12.4. The Morgan fingerprint density at radius 3 is 2.86 bits per heavy atom. The van der Waals surface area contributed by atoms with Crippen molar-refractivity contribution in [1.82, 2.24) is 5.32 Å². The van der Waals surface area contributed by atoms with Crippen LogP contribution < -0.4 is 10.1 Å². The van der Waals surface area contributed by atoms with E-state index < -0.39 is 0 Å². The Labute approximate surface area is 126 Å². The minimum atomic E-state index is -0.110. The molecule has 0 spiro atoms. The molecule has 1 aliphatic rings. The van der Waals surface area contributed by atoms with Crippen molar-refractivity contribution in [1.29, 1.82) is 0 Å². The van der Waals surface area contributed by atoms with E-state index >= 15 is 0 Å². The van der Waals surface area contributed by atoms with Gasteiger partial charge in [-0.25, -0.2) is 0 Å². The summed E-state index contributed by atoms with van der Waals surface area (Å²) in [4.78, 5) is 12.0. The SMILES string of the molecule is Cc1ccc(C)c(OCC(=O)NC2CCCCC2CO)c1. The number of aliphatic hydroxyl groups excluding tert-OH is 1. The maximum absolute atomic E-state index is 12.0. The monoisotopic (exact) mass is 291 g/mol. The first-order chi connectivity index (χ1) is 10.1. The summed E-state index contributed by atoms with van der Waals surface area (Å²) in [5.74, 6) is 0.831. The Morgan fingerprint density at radius 2 is 2.10 bits per heavy atom. The van der Waals surface area contributed by atoms with Crippen molar-refractivity contribution in [2.24, 2.45) is 5.92 Å². The van der Waals surface area contributed by atoms with Crippen molar-refractivity contribution in [3.63, 3.8) is 0 Å². The standard InChI is InChI=1S/C17H25NO3/c1-12-7-8-13(2)16(9-12)21-11-17(20)18-15-6-4-3-5-14(15)10-19/h7-9,14-15,19H,3-6,10-11H2,1-2H3,(H,18,20). The number of carbonyl (C=O) groups excluding carboxylic acids is 1. The van der Waals surface area contributed by atoms with Crippen LogP contribution in [0, 0.1) is 19.8 Å². The van der Waals surface area contributed by atoms with Gasteiger partial charge in [0, 0.05) is 18.6 Å². The van der Waals surface area contributed by atoms with Crippen molar-refractivity contribution in [3.05, 3.63) is 29.3 Å². The van der Waals surface area contributed by atoms with Crippen LogP contribution in [0.25, 0.3) is 0 Å². The van der Waals surface area contributed by atoms with E-state index in [1.165, 1.54) is 0 Å². The Morgan fingerprint density at radius 1 is 1.33 bits per heavy atom. The predicted octanol–water partition coefficient (Wildman–Crippen LogP) is 2.35. The topological polar surface area (TPSA) is 58.6 Å². The molecule has 0 radical (unpaired) electrons. The van der Waals surface area contributed by atoms with Crippen molar-refractivity contribution in [3.8, 4) is 5.75 Å². The molecule has 2 unspecified atom stereocenters. The summed E-state index contributed by atoms with van der Waals surface area (Å²) in [7, 11) is 0. The van der Waals surface area contributed by atoms with E-state index in [9.17, 15) is 9.90 Å². The van der Waals surface area contributed by atoms with Gasteiger partial charge >= 0.3 is 0 Å². The van der Waals surface area contributed by atoms with Crippen LogP contribution in [0.3, 0.4) is 0 Å². The fourth-order valence-corrected chi connectivity index (χ4v) is 2.87. The minimum Gasteiger partial charge on any atom is -0.483 e. The largest absolute Gasteiger partial charge is 0.483 e. The molecule has 0 heterocycles. The lowest BCUT2D eigenvalue weighted by molar-refractivity contribution is -0.124. The van der Waals surface area contributed by atoms with Crippen molar-refractivity contribution >= 4 is 5.91 Å². The maximum atomic E-state index is 12.0. The number of nitrogens with one attached hydrogen (secondary N) is 1. The zero-order valence-electron chi connectivity index (χ0n) is 12.9. The molecular formula is C17H25NO3. The number of aliphatic hydroxyl groups is 1. The van der Waals surface area contributed by atoms with Gasteiger partial charge in [0.2, 0.25) is 0 Å². The number of rotatable bonds is 5. The molecular weight excluding hydrogens is 266 g/mol.